The van der Waals surface area contributed by atoms with Crippen LogP contribution in [-0.2, 0) is 42.0 Å². The van der Waals surface area contributed by atoms with Crippen LogP contribution >= 0.6 is 0 Å². The summed E-state index contributed by atoms with van der Waals surface area (Å²) in [7, 11) is -4.38. The Morgan fingerprint density at radius 3 is 2.20 bits per heavy atom. The van der Waals surface area contributed by atoms with Crippen LogP contribution in [-0.4, -0.2) is 51.7 Å². The molecule has 0 saturated carbocycles. The van der Waals surface area contributed by atoms with Gasteiger partial charge in [0.25, 0.3) is 0 Å². The highest BCUT2D eigenvalue weighted by atomic mass is 32.2. The number of carbonyl (C=O) groups is 2. The van der Waals surface area contributed by atoms with Crippen LogP contribution in [0.15, 0.2) is 53.4 Å². The zero-order valence-corrected chi connectivity index (χ0v) is 23.1. The van der Waals surface area contributed by atoms with E-state index in [1.807, 2.05) is 0 Å². The highest BCUT2D eigenvalue weighted by molar-refractivity contribution is 7.89. The van der Waals surface area contributed by atoms with E-state index in [-0.39, 0.29) is 24.1 Å². The summed E-state index contributed by atoms with van der Waals surface area (Å²) in [5.74, 6) is -4.38. The second-order valence-corrected chi connectivity index (χ2v) is 10.6. The molecule has 2 aromatic carbocycles. The molecule has 41 heavy (non-hydrogen) atoms. The summed E-state index contributed by atoms with van der Waals surface area (Å²) in [6, 6.07) is 10.1. The van der Waals surface area contributed by atoms with Gasteiger partial charge < -0.3 is 15.2 Å². The lowest BCUT2D eigenvalue weighted by atomic mass is 10.1. The molecular formula is C26H33F3N4O7S. The van der Waals surface area contributed by atoms with Crippen LogP contribution in [0.3, 0.4) is 0 Å². The van der Waals surface area contributed by atoms with E-state index in [9.17, 15) is 31.2 Å². The molecular weight excluding hydrogens is 569 g/mol. The number of rotatable bonds is 16. The number of alkyl halides is 3. The van der Waals surface area contributed by atoms with Crippen molar-refractivity contribution in [1.29, 1.82) is 5.41 Å². The van der Waals surface area contributed by atoms with Crippen molar-refractivity contribution in [2.24, 2.45) is 5.73 Å². The summed E-state index contributed by atoms with van der Waals surface area (Å²) < 4.78 is 75.6. The van der Waals surface area contributed by atoms with Crippen LogP contribution in [0.2, 0.25) is 0 Å². The van der Waals surface area contributed by atoms with Gasteiger partial charge in [-0.05, 0) is 54.7 Å². The zero-order chi connectivity index (χ0) is 30.5. The highest BCUT2D eigenvalue weighted by Gasteiger charge is 2.43. The Hall–Kier alpha value is -3.69. The number of nitrogens with one attached hydrogen (secondary N) is 3. The van der Waals surface area contributed by atoms with Gasteiger partial charge >= 0.3 is 18.1 Å². The van der Waals surface area contributed by atoms with Gasteiger partial charge in [-0.1, -0.05) is 44.0 Å². The molecule has 0 radical (unpaired) electrons. The van der Waals surface area contributed by atoms with E-state index in [0.717, 1.165) is 31.2 Å². The maximum absolute atomic E-state index is 13.0. The molecule has 0 amide bonds. The summed E-state index contributed by atoms with van der Waals surface area (Å²) >= 11 is 0. The van der Waals surface area contributed by atoms with Crippen molar-refractivity contribution in [3.05, 3.63) is 59.7 Å². The summed E-state index contributed by atoms with van der Waals surface area (Å²) in [6.45, 7) is 2.51. The maximum Gasteiger partial charge on any atom is 0.491 e. The molecule has 0 unspecified atom stereocenters. The standard InChI is InChI=1S/C26H33F3N4O7S/c1-2-3-4-6-18-9-13-21(14-10-18)41(36,37)33-22(23(34)40-24(35)26(27,28)29)17-19-7-11-20(12-8-19)38-15-5-16-39-32-25(30)31/h7-14,22,33H,2-6,15-17H2,1H3,(H4,30,31,32)/t22-/m0/s1. The van der Waals surface area contributed by atoms with Crippen LogP contribution in [0, 0.1) is 5.41 Å². The van der Waals surface area contributed by atoms with E-state index in [4.69, 9.17) is 20.7 Å². The van der Waals surface area contributed by atoms with Crippen LogP contribution in [0.5, 0.6) is 5.75 Å². The highest BCUT2D eigenvalue weighted by Crippen LogP contribution is 2.20. The number of unbranched alkanes of at least 4 members (excludes halogenated alkanes) is 2. The first-order valence-corrected chi connectivity index (χ1v) is 14.2. The molecule has 2 aromatic rings. The smallest absolute Gasteiger partial charge is 0.491 e. The van der Waals surface area contributed by atoms with Gasteiger partial charge in [-0.25, -0.2) is 23.5 Å². The number of hydrogen-bond donors (Lipinski definition) is 4. The van der Waals surface area contributed by atoms with E-state index in [1.54, 1.807) is 12.1 Å². The number of guanidine groups is 1. The average molecular weight is 603 g/mol. The van der Waals surface area contributed by atoms with Gasteiger partial charge in [0.2, 0.25) is 16.0 Å². The summed E-state index contributed by atoms with van der Waals surface area (Å²) in [5.41, 5.74) is 8.51. The fourth-order valence-electron chi connectivity index (χ4n) is 3.47. The number of nitrogens with two attached hydrogens (primary N) is 1. The Bertz CT molecular complexity index is 1260. The Balaban J connectivity index is 2.11. The van der Waals surface area contributed by atoms with Crippen LogP contribution in [0.4, 0.5) is 13.2 Å². The van der Waals surface area contributed by atoms with Crippen molar-refractivity contribution in [2.75, 3.05) is 13.2 Å². The van der Waals surface area contributed by atoms with E-state index < -0.39 is 40.6 Å². The SMILES string of the molecule is CCCCCc1ccc(S(=O)(=O)N[C@@H](Cc2ccc(OCCCONC(=N)N)cc2)C(=O)OC(=O)C(F)(F)F)cc1. The second kappa shape index (κ2) is 15.9. The number of hydrogen-bond acceptors (Lipinski definition) is 8. The molecule has 0 bridgehead atoms. The fourth-order valence-corrected chi connectivity index (χ4v) is 4.66. The summed E-state index contributed by atoms with van der Waals surface area (Å²) in [6.07, 6.45) is -1.69. The Labute approximate surface area is 236 Å². The van der Waals surface area contributed by atoms with Crippen molar-refractivity contribution in [3.8, 4) is 5.75 Å². The first kappa shape index (κ1) is 33.5. The van der Waals surface area contributed by atoms with Gasteiger partial charge in [0, 0.05) is 6.42 Å². The zero-order valence-electron chi connectivity index (χ0n) is 22.3. The third kappa shape index (κ3) is 12.2. The Morgan fingerprint density at radius 1 is 0.976 bits per heavy atom. The predicted molar refractivity (Wildman–Crippen MR) is 142 cm³/mol. The predicted octanol–water partition coefficient (Wildman–Crippen LogP) is 3.12. The molecule has 0 spiro atoms. The van der Waals surface area contributed by atoms with Gasteiger partial charge in [-0.15, -0.1) is 0 Å². The molecule has 1 atom stereocenters. The Kier molecular flexibility index (Phi) is 13.0. The van der Waals surface area contributed by atoms with E-state index in [0.29, 0.717) is 17.7 Å². The van der Waals surface area contributed by atoms with Gasteiger partial charge in [-0.2, -0.15) is 17.9 Å². The molecule has 0 saturated heterocycles. The first-order valence-electron chi connectivity index (χ1n) is 12.7. The number of benzene rings is 2. The molecule has 0 aliphatic rings. The van der Waals surface area contributed by atoms with Crippen LogP contribution in [0.25, 0.3) is 0 Å². The average Bonchev–Trinajstić information content (AvgIpc) is 2.90. The molecule has 11 nitrogen and oxygen atoms in total. The quantitative estimate of drug-likeness (QED) is 0.0563. The van der Waals surface area contributed by atoms with Gasteiger partial charge in [0.05, 0.1) is 18.1 Å². The lowest BCUT2D eigenvalue weighted by molar-refractivity contribution is -0.202. The van der Waals surface area contributed by atoms with Crippen molar-refractivity contribution in [3.63, 3.8) is 0 Å². The minimum absolute atomic E-state index is 0.206. The van der Waals surface area contributed by atoms with Crippen LogP contribution < -0.4 is 20.7 Å². The largest absolute Gasteiger partial charge is 0.494 e. The molecule has 2 rings (SSSR count). The van der Waals surface area contributed by atoms with E-state index in [1.165, 1.54) is 36.4 Å². The van der Waals surface area contributed by atoms with Crippen molar-refractivity contribution < 1.29 is 45.5 Å². The Morgan fingerprint density at radius 2 is 1.61 bits per heavy atom. The fraction of sp³-hybridized carbons (Fsp3) is 0.423. The number of aryl methyl sites for hydroxylation is 1. The van der Waals surface area contributed by atoms with Gasteiger partial charge in [0.1, 0.15) is 11.8 Å². The lowest BCUT2D eigenvalue weighted by Gasteiger charge is -2.18. The number of esters is 2. The minimum atomic E-state index is -5.45. The topological polar surface area (TPSA) is 170 Å². The summed E-state index contributed by atoms with van der Waals surface area (Å²) in [5, 5.41) is 6.97. The summed E-state index contributed by atoms with van der Waals surface area (Å²) in [4.78, 5) is 28.5. The third-order valence-electron chi connectivity index (χ3n) is 5.51. The molecule has 0 fully saturated rings. The molecule has 5 N–H and O–H groups in total. The normalized spacial score (nSPS) is 12.4. The first-order chi connectivity index (χ1) is 19.3. The minimum Gasteiger partial charge on any atom is -0.494 e. The monoisotopic (exact) mass is 602 g/mol. The van der Waals surface area contributed by atoms with Crippen LogP contribution in [0.1, 0.15) is 43.7 Å². The number of sulfonamides is 1. The maximum atomic E-state index is 13.0. The van der Waals surface area contributed by atoms with E-state index in [2.05, 4.69) is 21.9 Å². The molecule has 0 aliphatic heterocycles. The number of halogens is 3. The molecule has 226 valence electrons. The molecule has 0 aromatic heterocycles. The van der Waals surface area contributed by atoms with Gasteiger partial charge in [0.15, 0.2) is 0 Å². The van der Waals surface area contributed by atoms with Crippen molar-refractivity contribution in [2.45, 2.75) is 62.6 Å². The van der Waals surface area contributed by atoms with Gasteiger partial charge in [-0.3, -0.25) is 10.2 Å². The third-order valence-corrected chi connectivity index (χ3v) is 7.00. The van der Waals surface area contributed by atoms with Crippen molar-refractivity contribution in [1.82, 2.24) is 10.2 Å². The van der Waals surface area contributed by atoms with E-state index >= 15 is 0 Å². The number of carbonyl (C=O) groups excluding carboxylic acids is 2. The second-order valence-electron chi connectivity index (χ2n) is 8.90. The van der Waals surface area contributed by atoms with Crippen molar-refractivity contribution >= 4 is 27.9 Å². The molecule has 0 aliphatic carbocycles. The molecule has 0 heterocycles. The number of hydroxylamine groups is 1. The number of ether oxygens (including phenoxy) is 2. The lowest BCUT2D eigenvalue weighted by Crippen LogP contribution is -2.45. The molecule has 15 heteroatoms.